The van der Waals surface area contributed by atoms with Crippen molar-refractivity contribution in [3.05, 3.63) is 48.0 Å². The molecule has 3 rings (SSSR count). The molecule has 1 aromatic heterocycles. The van der Waals surface area contributed by atoms with Gasteiger partial charge in [0.05, 0.1) is 6.61 Å². The number of rotatable bonds is 5. The van der Waals surface area contributed by atoms with Gasteiger partial charge in [0.15, 0.2) is 0 Å². The van der Waals surface area contributed by atoms with E-state index in [2.05, 4.69) is 9.30 Å². The molecular formula is C19H20F2N2O2. The number of halogens is 2. The number of carbonyl (C=O) groups is 1. The Kier molecular flexibility index (Phi) is 4.47. The zero-order chi connectivity index (χ0) is 18.2. The highest BCUT2D eigenvalue weighted by atomic mass is 19.3. The summed E-state index contributed by atoms with van der Waals surface area (Å²) in [6, 6.07) is 11.0. The van der Waals surface area contributed by atoms with Crippen LogP contribution in [0.25, 0.3) is 21.8 Å². The molecule has 0 spiro atoms. The van der Waals surface area contributed by atoms with E-state index in [0.717, 1.165) is 28.4 Å². The minimum Gasteiger partial charge on any atom is -0.462 e. The number of alkyl halides is 2. The van der Waals surface area contributed by atoms with Crippen LogP contribution in [0.3, 0.4) is 0 Å². The van der Waals surface area contributed by atoms with Crippen molar-refractivity contribution in [1.29, 1.82) is 0 Å². The topological polar surface area (TPSA) is 57.2 Å². The first kappa shape index (κ1) is 17.4. The van der Waals surface area contributed by atoms with E-state index in [9.17, 15) is 13.6 Å². The van der Waals surface area contributed by atoms with Gasteiger partial charge in [0.2, 0.25) is 0 Å². The average Bonchev–Trinajstić information content (AvgIpc) is 2.94. The molecule has 0 bridgehead atoms. The summed E-state index contributed by atoms with van der Waals surface area (Å²) >= 11 is 0. The van der Waals surface area contributed by atoms with E-state index in [0.29, 0.717) is 0 Å². The number of fused-ring (bicyclic) bond motifs is 3. The molecule has 4 nitrogen and oxygen atoms in total. The van der Waals surface area contributed by atoms with Gasteiger partial charge in [-0.2, -0.15) is 8.78 Å². The number of ether oxygens (including phenoxy) is 1. The van der Waals surface area contributed by atoms with Crippen molar-refractivity contribution in [2.75, 3.05) is 6.61 Å². The summed E-state index contributed by atoms with van der Waals surface area (Å²) in [6.45, 7) is 4.14. The molecule has 0 amide bonds. The Morgan fingerprint density at radius 3 is 2.52 bits per heavy atom. The normalized spacial score (nSPS) is 13.3. The van der Waals surface area contributed by atoms with Gasteiger partial charge < -0.3 is 15.0 Å². The number of hydrogen-bond acceptors (Lipinski definition) is 3. The summed E-state index contributed by atoms with van der Waals surface area (Å²) in [5.41, 5.74) is 7.89. The molecule has 132 valence electrons. The summed E-state index contributed by atoms with van der Waals surface area (Å²) < 4.78 is 35.1. The van der Waals surface area contributed by atoms with Crippen molar-refractivity contribution in [1.82, 2.24) is 4.57 Å². The molecule has 0 aliphatic heterocycles. The molecule has 6 heteroatoms. The SMILES string of the molecule is CCOC(=O)C(F)(F)[C@H](N)c1ccc2c(c1)c1ccccc1n2CC. The molecule has 0 unspecified atom stereocenters. The molecule has 0 fully saturated rings. The van der Waals surface area contributed by atoms with Crippen LogP contribution in [0.5, 0.6) is 0 Å². The quantitative estimate of drug-likeness (QED) is 0.710. The number of carbonyl (C=O) groups excluding carboxylic acids is 1. The fourth-order valence-electron chi connectivity index (χ4n) is 3.17. The number of aryl methyl sites for hydroxylation is 1. The van der Waals surface area contributed by atoms with Gasteiger partial charge in [0.1, 0.15) is 6.04 Å². The number of hydrogen-bond donors (Lipinski definition) is 1. The number of nitrogens with two attached hydrogens (primary N) is 1. The van der Waals surface area contributed by atoms with E-state index >= 15 is 0 Å². The van der Waals surface area contributed by atoms with Gasteiger partial charge in [0, 0.05) is 28.4 Å². The Bertz CT molecular complexity index is 934. The molecule has 1 heterocycles. The Balaban J connectivity index is 2.13. The van der Waals surface area contributed by atoms with Crippen LogP contribution in [0, 0.1) is 0 Å². The van der Waals surface area contributed by atoms with Crippen LogP contribution in [0.1, 0.15) is 25.5 Å². The first-order valence-electron chi connectivity index (χ1n) is 8.23. The van der Waals surface area contributed by atoms with Crippen LogP contribution in [0.2, 0.25) is 0 Å². The molecule has 2 N–H and O–H groups in total. The third-order valence-corrected chi connectivity index (χ3v) is 4.41. The van der Waals surface area contributed by atoms with Crippen LogP contribution in [-0.2, 0) is 16.1 Å². The van der Waals surface area contributed by atoms with Crippen LogP contribution < -0.4 is 5.73 Å². The predicted octanol–water partition coefficient (Wildman–Crippen LogP) is 4.01. The second-order valence-corrected chi connectivity index (χ2v) is 5.86. The number of nitrogens with zero attached hydrogens (tertiary/aromatic N) is 1. The van der Waals surface area contributed by atoms with Crippen LogP contribution in [0.4, 0.5) is 8.78 Å². The summed E-state index contributed by atoms with van der Waals surface area (Å²) in [5, 5.41) is 1.80. The van der Waals surface area contributed by atoms with Crippen molar-refractivity contribution in [3.63, 3.8) is 0 Å². The third-order valence-electron chi connectivity index (χ3n) is 4.41. The fraction of sp³-hybridized carbons (Fsp3) is 0.316. The Morgan fingerprint density at radius 1 is 1.16 bits per heavy atom. The number of esters is 1. The predicted molar refractivity (Wildman–Crippen MR) is 93.6 cm³/mol. The molecule has 2 aromatic carbocycles. The minimum atomic E-state index is -3.78. The maximum Gasteiger partial charge on any atom is 0.379 e. The van der Waals surface area contributed by atoms with Gasteiger partial charge in [-0.25, -0.2) is 4.79 Å². The van der Waals surface area contributed by atoms with Crippen molar-refractivity contribution in [3.8, 4) is 0 Å². The minimum absolute atomic E-state index is 0.121. The average molecular weight is 346 g/mol. The van der Waals surface area contributed by atoms with Crippen molar-refractivity contribution >= 4 is 27.8 Å². The third kappa shape index (κ3) is 2.76. The summed E-state index contributed by atoms with van der Waals surface area (Å²) in [4.78, 5) is 11.5. The van der Waals surface area contributed by atoms with Gasteiger partial charge in [-0.3, -0.25) is 0 Å². The number of aromatic nitrogens is 1. The van der Waals surface area contributed by atoms with E-state index in [1.807, 2.05) is 31.2 Å². The second-order valence-electron chi connectivity index (χ2n) is 5.86. The molecule has 0 saturated heterocycles. The molecule has 3 aromatic rings. The standard InChI is InChI=1S/C19H20F2N2O2/c1-3-23-15-8-6-5-7-13(15)14-11-12(9-10-16(14)23)17(22)19(20,21)18(24)25-4-2/h5-11,17H,3-4,22H2,1-2H3/t17-/m1/s1. The van der Waals surface area contributed by atoms with Crippen molar-refractivity contribution in [2.45, 2.75) is 32.4 Å². The van der Waals surface area contributed by atoms with Gasteiger partial charge in [-0.1, -0.05) is 24.3 Å². The van der Waals surface area contributed by atoms with E-state index in [1.54, 1.807) is 18.2 Å². The lowest BCUT2D eigenvalue weighted by Crippen LogP contribution is -2.41. The summed E-state index contributed by atoms with van der Waals surface area (Å²) in [5.74, 6) is -5.38. The molecule has 0 radical (unpaired) electrons. The number of para-hydroxylation sites is 1. The maximum absolute atomic E-state index is 14.3. The monoisotopic (exact) mass is 346 g/mol. The van der Waals surface area contributed by atoms with E-state index in [4.69, 9.17) is 5.73 Å². The van der Waals surface area contributed by atoms with E-state index in [-0.39, 0.29) is 12.2 Å². The zero-order valence-corrected chi connectivity index (χ0v) is 14.1. The molecule has 0 aliphatic rings. The highest BCUT2D eigenvalue weighted by Gasteiger charge is 2.47. The first-order valence-corrected chi connectivity index (χ1v) is 8.23. The van der Waals surface area contributed by atoms with Crippen LogP contribution >= 0.6 is 0 Å². The van der Waals surface area contributed by atoms with Crippen LogP contribution in [-0.4, -0.2) is 23.1 Å². The Labute approximate surface area is 144 Å². The van der Waals surface area contributed by atoms with E-state index < -0.39 is 17.9 Å². The van der Waals surface area contributed by atoms with E-state index in [1.165, 1.54) is 6.92 Å². The lowest BCUT2D eigenvalue weighted by Gasteiger charge is -2.22. The van der Waals surface area contributed by atoms with Crippen molar-refractivity contribution < 1.29 is 18.3 Å². The molecule has 1 atom stereocenters. The highest BCUT2D eigenvalue weighted by molar-refractivity contribution is 6.08. The summed E-state index contributed by atoms with van der Waals surface area (Å²) in [7, 11) is 0. The molecule has 25 heavy (non-hydrogen) atoms. The maximum atomic E-state index is 14.3. The highest BCUT2D eigenvalue weighted by Crippen LogP contribution is 2.35. The van der Waals surface area contributed by atoms with Crippen LogP contribution in [0.15, 0.2) is 42.5 Å². The Hall–Kier alpha value is -2.47. The largest absolute Gasteiger partial charge is 0.462 e. The molecular weight excluding hydrogens is 326 g/mol. The van der Waals surface area contributed by atoms with Gasteiger partial charge in [-0.15, -0.1) is 0 Å². The zero-order valence-electron chi connectivity index (χ0n) is 14.1. The van der Waals surface area contributed by atoms with Gasteiger partial charge in [-0.05, 0) is 37.6 Å². The smallest absolute Gasteiger partial charge is 0.379 e. The molecule has 0 aliphatic carbocycles. The fourth-order valence-corrected chi connectivity index (χ4v) is 3.17. The van der Waals surface area contributed by atoms with Gasteiger partial charge >= 0.3 is 11.9 Å². The lowest BCUT2D eigenvalue weighted by molar-refractivity contribution is -0.174. The Morgan fingerprint density at radius 2 is 1.84 bits per heavy atom. The van der Waals surface area contributed by atoms with Crippen molar-refractivity contribution in [2.24, 2.45) is 5.73 Å². The number of benzene rings is 2. The summed E-state index contributed by atoms with van der Waals surface area (Å²) in [6.07, 6.45) is 0. The van der Waals surface area contributed by atoms with Gasteiger partial charge in [0.25, 0.3) is 0 Å². The second kappa shape index (κ2) is 6.44. The first-order chi connectivity index (χ1) is 11.9. The lowest BCUT2D eigenvalue weighted by atomic mass is 9.99. The molecule has 0 saturated carbocycles.